The van der Waals surface area contributed by atoms with Crippen molar-refractivity contribution in [2.45, 2.75) is 33.7 Å². The molecule has 1 unspecified atom stereocenters. The van der Waals surface area contributed by atoms with E-state index >= 15 is 0 Å². The first kappa shape index (κ1) is 18.1. The number of nitrogens with two attached hydrogens (primary N) is 1. The molecule has 1 aromatic heterocycles. The van der Waals surface area contributed by atoms with Crippen LogP contribution >= 0.6 is 0 Å². The summed E-state index contributed by atoms with van der Waals surface area (Å²) in [5.41, 5.74) is 9.07. The van der Waals surface area contributed by atoms with Crippen LogP contribution in [0.1, 0.15) is 24.7 Å². The molecule has 7 heteroatoms. The Labute approximate surface area is 154 Å². The monoisotopic (exact) mass is 357 g/mol. The van der Waals surface area contributed by atoms with Gasteiger partial charge >= 0.3 is 0 Å². The summed E-state index contributed by atoms with van der Waals surface area (Å²) in [5, 5.41) is 7.61. The molecule has 0 saturated carbocycles. The van der Waals surface area contributed by atoms with Gasteiger partial charge in [0, 0.05) is 37.0 Å². The molecule has 0 aliphatic carbocycles. The summed E-state index contributed by atoms with van der Waals surface area (Å²) in [5.74, 6) is 2.22. The fraction of sp³-hybridized carbons (Fsp3) is 0.474. The maximum absolute atomic E-state index is 6.03. The highest BCUT2D eigenvalue weighted by molar-refractivity contribution is 5.92. The molecular formula is C19H27N5O2. The number of guanidine groups is 1. The first-order chi connectivity index (χ1) is 12.5. The van der Waals surface area contributed by atoms with Crippen molar-refractivity contribution in [2.75, 3.05) is 25.1 Å². The number of nitrogens with one attached hydrogen (secondary N) is 1. The molecule has 1 aliphatic rings. The Bertz CT molecular complexity index is 784. The molecule has 0 fully saturated rings. The fourth-order valence-electron chi connectivity index (χ4n) is 2.90. The number of benzene rings is 1. The summed E-state index contributed by atoms with van der Waals surface area (Å²) in [6.45, 7) is 8.99. The maximum atomic E-state index is 6.03. The van der Waals surface area contributed by atoms with E-state index in [0.717, 1.165) is 41.5 Å². The smallest absolute Gasteiger partial charge is 0.193 e. The van der Waals surface area contributed by atoms with Gasteiger partial charge < -0.3 is 20.5 Å². The SMILES string of the molecule is Cc1cc(C)n(CC(C)CN=C(N)Nc2ccc3c(c2)OCCCO3)n1. The number of aromatic nitrogens is 2. The predicted molar refractivity (Wildman–Crippen MR) is 103 cm³/mol. The van der Waals surface area contributed by atoms with Crippen LogP contribution in [0.25, 0.3) is 0 Å². The molecule has 1 aliphatic heterocycles. The van der Waals surface area contributed by atoms with Gasteiger partial charge in [-0.05, 0) is 38.0 Å². The minimum atomic E-state index is 0.331. The van der Waals surface area contributed by atoms with Gasteiger partial charge in [0.2, 0.25) is 0 Å². The van der Waals surface area contributed by atoms with E-state index in [1.54, 1.807) is 0 Å². The van der Waals surface area contributed by atoms with Crippen molar-refractivity contribution in [1.29, 1.82) is 0 Å². The van der Waals surface area contributed by atoms with Crippen molar-refractivity contribution in [3.05, 3.63) is 35.7 Å². The lowest BCUT2D eigenvalue weighted by molar-refractivity contribution is 0.297. The van der Waals surface area contributed by atoms with Crippen LogP contribution in [0.2, 0.25) is 0 Å². The van der Waals surface area contributed by atoms with E-state index in [1.165, 1.54) is 0 Å². The Morgan fingerprint density at radius 1 is 1.27 bits per heavy atom. The Balaban J connectivity index is 1.56. The molecule has 2 heterocycles. The normalized spacial score (nSPS) is 15.4. The minimum absolute atomic E-state index is 0.331. The van der Waals surface area contributed by atoms with Crippen molar-refractivity contribution in [3.8, 4) is 11.5 Å². The second kappa shape index (κ2) is 8.12. The number of aryl methyl sites for hydroxylation is 2. The quantitative estimate of drug-likeness (QED) is 0.635. The van der Waals surface area contributed by atoms with E-state index in [2.05, 4.69) is 35.3 Å². The second-order valence-electron chi connectivity index (χ2n) is 6.78. The number of hydrogen-bond acceptors (Lipinski definition) is 4. The van der Waals surface area contributed by atoms with Crippen LogP contribution in [-0.2, 0) is 6.54 Å². The number of rotatable bonds is 5. The van der Waals surface area contributed by atoms with Gasteiger partial charge in [-0.15, -0.1) is 0 Å². The minimum Gasteiger partial charge on any atom is -0.490 e. The molecule has 1 aromatic carbocycles. The summed E-state index contributed by atoms with van der Waals surface area (Å²) < 4.78 is 13.3. The van der Waals surface area contributed by atoms with Gasteiger partial charge in [-0.25, -0.2) is 0 Å². The van der Waals surface area contributed by atoms with Crippen molar-refractivity contribution in [3.63, 3.8) is 0 Å². The highest BCUT2D eigenvalue weighted by Crippen LogP contribution is 2.32. The Morgan fingerprint density at radius 3 is 2.77 bits per heavy atom. The molecule has 0 radical (unpaired) electrons. The first-order valence-electron chi connectivity index (χ1n) is 8.99. The molecule has 2 aromatic rings. The summed E-state index contributed by atoms with van der Waals surface area (Å²) in [6, 6.07) is 7.77. The van der Waals surface area contributed by atoms with Crippen molar-refractivity contribution < 1.29 is 9.47 Å². The van der Waals surface area contributed by atoms with Gasteiger partial charge in [0.15, 0.2) is 17.5 Å². The third kappa shape index (κ3) is 4.68. The van der Waals surface area contributed by atoms with Crippen LogP contribution in [0.15, 0.2) is 29.3 Å². The lowest BCUT2D eigenvalue weighted by Gasteiger charge is -2.13. The van der Waals surface area contributed by atoms with Crippen molar-refractivity contribution in [2.24, 2.45) is 16.6 Å². The maximum Gasteiger partial charge on any atom is 0.193 e. The standard InChI is InChI=1S/C19H27N5O2/c1-13(12-24-15(3)9-14(2)23-24)11-21-19(20)22-16-5-6-17-18(10-16)26-8-4-7-25-17/h5-6,9-10,13H,4,7-8,11-12H2,1-3H3,(H3,20,21,22). The average Bonchev–Trinajstić information content (AvgIpc) is 2.79. The topological polar surface area (TPSA) is 86.7 Å². The second-order valence-corrected chi connectivity index (χ2v) is 6.78. The molecule has 0 amide bonds. The molecule has 3 N–H and O–H groups in total. The van der Waals surface area contributed by atoms with Crippen LogP contribution in [0.3, 0.4) is 0 Å². The van der Waals surface area contributed by atoms with E-state index in [-0.39, 0.29) is 0 Å². The molecular weight excluding hydrogens is 330 g/mol. The molecule has 1 atom stereocenters. The molecule has 0 saturated heterocycles. The lowest BCUT2D eigenvalue weighted by atomic mass is 10.2. The van der Waals surface area contributed by atoms with E-state index in [0.29, 0.717) is 31.6 Å². The van der Waals surface area contributed by atoms with E-state index in [4.69, 9.17) is 15.2 Å². The number of aliphatic imine (C=N–C) groups is 1. The highest BCUT2D eigenvalue weighted by atomic mass is 16.5. The number of fused-ring (bicyclic) bond motifs is 1. The molecule has 3 rings (SSSR count). The van der Waals surface area contributed by atoms with E-state index < -0.39 is 0 Å². The van der Waals surface area contributed by atoms with Gasteiger partial charge in [0.05, 0.1) is 18.9 Å². The average molecular weight is 357 g/mol. The lowest BCUT2D eigenvalue weighted by Crippen LogP contribution is -2.24. The van der Waals surface area contributed by atoms with Gasteiger partial charge in [0.25, 0.3) is 0 Å². The van der Waals surface area contributed by atoms with Crippen molar-refractivity contribution in [1.82, 2.24) is 9.78 Å². The zero-order chi connectivity index (χ0) is 18.5. The molecule has 26 heavy (non-hydrogen) atoms. The van der Waals surface area contributed by atoms with Gasteiger partial charge in [-0.2, -0.15) is 5.10 Å². The highest BCUT2D eigenvalue weighted by Gasteiger charge is 2.11. The summed E-state index contributed by atoms with van der Waals surface area (Å²) >= 11 is 0. The van der Waals surface area contributed by atoms with Crippen LogP contribution < -0.4 is 20.5 Å². The number of anilines is 1. The third-order valence-corrected chi connectivity index (χ3v) is 4.18. The summed E-state index contributed by atoms with van der Waals surface area (Å²) in [4.78, 5) is 4.45. The van der Waals surface area contributed by atoms with Crippen molar-refractivity contribution >= 4 is 11.6 Å². The van der Waals surface area contributed by atoms with Crippen LogP contribution in [-0.4, -0.2) is 35.5 Å². The number of nitrogens with zero attached hydrogens (tertiary/aromatic N) is 3. The largest absolute Gasteiger partial charge is 0.490 e. The summed E-state index contributed by atoms with van der Waals surface area (Å²) in [6.07, 6.45) is 0.883. The molecule has 7 nitrogen and oxygen atoms in total. The van der Waals surface area contributed by atoms with Gasteiger partial charge in [-0.3, -0.25) is 9.67 Å². The first-order valence-corrected chi connectivity index (χ1v) is 8.99. The van der Waals surface area contributed by atoms with Gasteiger partial charge in [0.1, 0.15) is 0 Å². The third-order valence-electron chi connectivity index (χ3n) is 4.18. The molecule has 0 spiro atoms. The summed E-state index contributed by atoms with van der Waals surface area (Å²) in [7, 11) is 0. The van der Waals surface area contributed by atoms with E-state index in [9.17, 15) is 0 Å². The Morgan fingerprint density at radius 2 is 2.04 bits per heavy atom. The predicted octanol–water partition coefficient (Wildman–Crippen LogP) is 2.72. The number of ether oxygens (including phenoxy) is 2. The zero-order valence-corrected chi connectivity index (χ0v) is 15.7. The van der Waals surface area contributed by atoms with Crippen LogP contribution in [0, 0.1) is 19.8 Å². The Hall–Kier alpha value is -2.70. The zero-order valence-electron chi connectivity index (χ0n) is 15.7. The Kier molecular flexibility index (Phi) is 5.65. The molecule has 0 bridgehead atoms. The van der Waals surface area contributed by atoms with Gasteiger partial charge in [-0.1, -0.05) is 6.92 Å². The molecule has 140 valence electrons. The van der Waals surface area contributed by atoms with E-state index in [1.807, 2.05) is 29.8 Å². The fourth-order valence-corrected chi connectivity index (χ4v) is 2.90. The van der Waals surface area contributed by atoms with Crippen LogP contribution in [0.5, 0.6) is 11.5 Å². The number of hydrogen-bond donors (Lipinski definition) is 2. The van der Waals surface area contributed by atoms with Crippen LogP contribution in [0.4, 0.5) is 5.69 Å².